The van der Waals surface area contributed by atoms with Crippen LogP contribution in [0.2, 0.25) is 5.02 Å². The van der Waals surface area contributed by atoms with Gasteiger partial charge in [0.25, 0.3) is 5.56 Å². The van der Waals surface area contributed by atoms with Gasteiger partial charge in [-0.05, 0) is 43.5 Å². The van der Waals surface area contributed by atoms with Crippen LogP contribution in [0.4, 0.5) is 0 Å². The normalized spacial score (nSPS) is 17.4. The summed E-state index contributed by atoms with van der Waals surface area (Å²) in [5.41, 5.74) is 1.49. The second-order valence-corrected chi connectivity index (χ2v) is 9.35. The first-order valence-corrected chi connectivity index (χ1v) is 12.0. The number of carbonyl (C=O) groups is 1. The van der Waals surface area contributed by atoms with Crippen LogP contribution >= 0.6 is 11.6 Å². The van der Waals surface area contributed by atoms with E-state index in [0.29, 0.717) is 51.0 Å². The number of fused-ring (bicyclic) bond motifs is 3. The van der Waals surface area contributed by atoms with Gasteiger partial charge in [-0.25, -0.2) is 9.67 Å². The molecule has 8 nitrogen and oxygen atoms in total. The van der Waals surface area contributed by atoms with E-state index in [1.165, 1.54) is 6.20 Å². The van der Waals surface area contributed by atoms with E-state index in [2.05, 4.69) is 21.1 Å². The molecule has 178 valence electrons. The fraction of sp³-hybridized carbons (Fsp3) is 0.185. The van der Waals surface area contributed by atoms with Gasteiger partial charge in [-0.1, -0.05) is 29.8 Å². The molecule has 1 aliphatic carbocycles. The van der Waals surface area contributed by atoms with Crippen molar-refractivity contribution in [2.45, 2.75) is 25.3 Å². The summed E-state index contributed by atoms with van der Waals surface area (Å²) in [7, 11) is 0. The quantitative estimate of drug-likeness (QED) is 0.300. The third-order valence-electron chi connectivity index (χ3n) is 6.74. The largest absolute Gasteiger partial charge is 0.457 e. The number of pyridine rings is 1. The zero-order chi connectivity index (χ0) is 24.8. The molecule has 0 spiro atoms. The zero-order valence-corrected chi connectivity index (χ0v) is 19.7. The Kier molecular flexibility index (Phi) is 5.35. The molecule has 2 unspecified atom stereocenters. The molecule has 2 N–H and O–H groups in total. The van der Waals surface area contributed by atoms with Gasteiger partial charge in [0, 0.05) is 29.9 Å². The predicted molar refractivity (Wildman–Crippen MR) is 136 cm³/mol. The van der Waals surface area contributed by atoms with Crippen LogP contribution in [0.5, 0.6) is 11.5 Å². The lowest BCUT2D eigenvalue weighted by Crippen LogP contribution is -2.20. The summed E-state index contributed by atoms with van der Waals surface area (Å²) in [4.78, 5) is 34.1. The van der Waals surface area contributed by atoms with Crippen LogP contribution in [0, 0.1) is 17.2 Å². The molecule has 2 atom stereocenters. The Bertz CT molecular complexity index is 1730. The van der Waals surface area contributed by atoms with Crippen molar-refractivity contribution in [1.29, 1.82) is 5.26 Å². The Morgan fingerprint density at radius 1 is 1.14 bits per heavy atom. The molecular weight excluding hydrogens is 478 g/mol. The van der Waals surface area contributed by atoms with Crippen molar-refractivity contribution in [2.24, 2.45) is 5.92 Å². The minimum atomic E-state index is -0.300. The maximum absolute atomic E-state index is 13.6. The first-order valence-electron chi connectivity index (χ1n) is 11.6. The summed E-state index contributed by atoms with van der Waals surface area (Å²) in [6.45, 7) is 0. The lowest BCUT2D eigenvalue weighted by molar-refractivity contribution is 0.104. The van der Waals surface area contributed by atoms with E-state index in [4.69, 9.17) is 16.3 Å². The highest BCUT2D eigenvalue weighted by molar-refractivity contribution is 6.36. The first-order chi connectivity index (χ1) is 17.5. The number of ketones is 1. The molecule has 5 aromatic rings. The van der Waals surface area contributed by atoms with Crippen LogP contribution in [-0.4, -0.2) is 25.5 Å². The molecule has 6 rings (SSSR count). The van der Waals surface area contributed by atoms with Gasteiger partial charge in [0.05, 0.1) is 39.0 Å². The Morgan fingerprint density at radius 3 is 2.72 bits per heavy atom. The number of nitriles is 1. The van der Waals surface area contributed by atoms with Crippen LogP contribution in [-0.2, 0) is 0 Å². The average Bonchev–Trinajstić information content (AvgIpc) is 3.61. The van der Waals surface area contributed by atoms with Gasteiger partial charge in [0.1, 0.15) is 17.1 Å². The fourth-order valence-corrected chi connectivity index (χ4v) is 5.19. The molecule has 1 saturated carbocycles. The average molecular weight is 498 g/mol. The lowest BCUT2D eigenvalue weighted by atomic mass is 10.0. The standard InChI is InChI=1S/C27H20ClN5O3/c28-22-11-18(36-17-4-2-1-3-5-17)8-9-19(22)25(34)20-13-30-26-23(20)24-21(14-31-26)27(35)33(32-24)16-7-6-15(10-16)12-29/h1-5,8-9,11,13-16,32H,6-7,10H2,(H,30,31). The summed E-state index contributed by atoms with van der Waals surface area (Å²) in [5, 5.41) is 13.6. The number of H-pyrrole nitrogens is 2. The Hall–Kier alpha value is -4.35. The van der Waals surface area contributed by atoms with Gasteiger partial charge < -0.3 is 9.72 Å². The van der Waals surface area contributed by atoms with Gasteiger partial charge >= 0.3 is 0 Å². The van der Waals surface area contributed by atoms with E-state index in [9.17, 15) is 14.9 Å². The number of hydrogen-bond donors (Lipinski definition) is 2. The van der Waals surface area contributed by atoms with Crippen molar-refractivity contribution in [1.82, 2.24) is 19.7 Å². The molecule has 1 fully saturated rings. The van der Waals surface area contributed by atoms with Crippen LogP contribution in [0.25, 0.3) is 21.9 Å². The molecule has 0 aliphatic heterocycles. The highest BCUT2D eigenvalue weighted by atomic mass is 35.5. The Labute approximate surface area is 210 Å². The predicted octanol–water partition coefficient (Wildman–Crippen LogP) is 5.75. The van der Waals surface area contributed by atoms with Crippen LogP contribution in [0.3, 0.4) is 0 Å². The van der Waals surface area contributed by atoms with Gasteiger partial charge in [0.15, 0.2) is 5.78 Å². The molecule has 0 saturated heterocycles. The molecule has 0 amide bonds. The number of hydrogen-bond acceptors (Lipinski definition) is 5. The molecule has 3 aromatic heterocycles. The fourth-order valence-electron chi connectivity index (χ4n) is 4.93. The van der Waals surface area contributed by atoms with Crippen molar-refractivity contribution in [3.05, 3.63) is 87.4 Å². The minimum Gasteiger partial charge on any atom is -0.457 e. The SMILES string of the molecule is N#CC1CCC(n2[nH]c3c(cnc4[nH]cc(C(=O)c5ccc(Oc6ccccc6)cc5Cl)c43)c2=O)C1. The van der Waals surface area contributed by atoms with Crippen molar-refractivity contribution >= 4 is 39.3 Å². The molecule has 1 aliphatic rings. The number of nitrogens with zero attached hydrogens (tertiary/aromatic N) is 3. The minimum absolute atomic E-state index is 0.0631. The molecular formula is C27H20ClN5O3. The van der Waals surface area contributed by atoms with E-state index in [0.717, 1.165) is 12.8 Å². The van der Waals surface area contributed by atoms with Gasteiger partial charge in [-0.2, -0.15) is 5.26 Å². The summed E-state index contributed by atoms with van der Waals surface area (Å²) < 4.78 is 7.39. The maximum Gasteiger partial charge on any atom is 0.276 e. The summed E-state index contributed by atoms with van der Waals surface area (Å²) >= 11 is 6.50. The molecule has 9 heteroatoms. The number of para-hydroxylation sites is 1. The topological polar surface area (TPSA) is 117 Å². The number of carbonyl (C=O) groups excluding carboxylic acids is 1. The van der Waals surface area contributed by atoms with Crippen LogP contribution < -0.4 is 10.3 Å². The number of benzene rings is 2. The molecule has 0 radical (unpaired) electrons. The lowest BCUT2D eigenvalue weighted by Gasteiger charge is -2.09. The van der Waals surface area contributed by atoms with Crippen molar-refractivity contribution in [3.8, 4) is 17.6 Å². The van der Waals surface area contributed by atoms with Crippen molar-refractivity contribution in [2.75, 3.05) is 0 Å². The van der Waals surface area contributed by atoms with Crippen LogP contribution in [0.15, 0.2) is 65.7 Å². The van der Waals surface area contributed by atoms with Crippen LogP contribution in [0.1, 0.15) is 41.2 Å². The van der Waals surface area contributed by atoms with Gasteiger partial charge in [-0.3, -0.25) is 14.7 Å². The number of halogens is 1. The maximum atomic E-state index is 13.6. The monoisotopic (exact) mass is 497 g/mol. The third kappa shape index (κ3) is 3.65. The molecule has 36 heavy (non-hydrogen) atoms. The third-order valence-corrected chi connectivity index (χ3v) is 7.06. The van der Waals surface area contributed by atoms with Crippen molar-refractivity contribution in [3.63, 3.8) is 0 Å². The summed E-state index contributed by atoms with van der Waals surface area (Å²) in [5.74, 6) is 0.812. The van der Waals surface area contributed by atoms with E-state index in [-0.39, 0.29) is 28.3 Å². The van der Waals surface area contributed by atoms with Gasteiger partial charge in [-0.15, -0.1) is 0 Å². The first kappa shape index (κ1) is 22.1. The Morgan fingerprint density at radius 2 is 1.97 bits per heavy atom. The highest BCUT2D eigenvalue weighted by Gasteiger charge is 2.29. The second kappa shape index (κ2) is 8.70. The second-order valence-electron chi connectivity index (χ2n) is 8.94. The van der Waals surface area contributed by atoms with E-state index >= 15 is 0 Å². The smallest absolute Gasteiger partial charge is 0.276 e. The van der Waals surface area contributed by atoms with Gasteiger partial charge in [0.2, 0.25) is 0 Å². The van der Waals surface area contributed by atoms with E-state index in [1.54, 1.807) is 29.1 Å². The number of aromatic nitrogens is 4. The van der Waals surface area contributed by atoms with E-state index < -0.39 is 0 Å². The summed E-state index contributed by atoms with van der Waals surface area (Å²) in [6, 6.07) is 16.4. The van der Waals surface area contributed by atoms with Crippen molar-refractivity contribution < 1.29 is 9.53 Å². The number of ether oxygens (including phenoxy) is 1. The number of nitrogens with one attached hydrogen (secondary N) is 2. The van der Waals surface area contributed by atoms with E-state index in [1.807, 2.05) is 30.3 Å². The Balaban J connectivity index is 1.39. The molecule has 0 bridgehead atoms. The number of rotatable bonds is 5. The molecule has 3 heterocycles. The zero-order valence-electron chi connectivity index (χ0n) is 19.0. The summed E-state index contributed by atoms with van der Waals surface area (Å²) in [6.07, 6.45) is 5.21. The molecule has 2 aromatic carbocycles. The number of aromatic amines is 2. The highest BCUT2D eigenvalue weighted by Crippen LogP contribution is 2.35.